The number of hydrogen-bond donors (Lipinski definition) is 2. The topological polar surface area (TPSA) is 70.5 Å². The monoisotopic (exact) mass is 306 g/mol. The van der Waals surface area contributed by atoms with Crippen molar-refractivity contribution in [3.05, 3.63) is 84.4 Å². The first-order valence-electron chi connectivity index (χ1n) is 7.30. The lowest BCUT2D eigenvalue weighted by atomic mass is 10.2. The van der Waals surface area contributed by atoms with E-state index in [1.807, 2.05) is 66.7 Å². The standard InChI is InChI=1S/C19H18N2O2/c20-15-8-4-10-17(12-15)22-19(14-6-2-1-3-7-14)23-18-11-5-9-16(21)13-18/h1-13,19H,20-21H2. The molecule has 0 atom stereocenters. The molecular weight excluding hydrogens is 288 g/mol. The smallest absolute Gasteiger partial charge is 0.267 e. The van der Waals surface area contributed by atoms with Crippen LogP contribution in [0.25, 0.3) is 0 Å². The number of nitrogens with two attached hydrogens (primary N) is 2. The van der Waals surface area contributed by atoms with Crippen molar-refractivity contribution < 1.29 is 9.47 Å². The average Bonchev–Trinajstić information content (AvgIpc) is 2.55. The maximum absolute atomic E-state index is 5.98. The zero-order valence-corrected chi connectivity index (χ0v) is 12.6. The first-order chi connectivity index (χ1) is 11.2. The summed E-state index contributed by atoms with van der Waals surface area (Å²) < 4.78 is 12.0. The Morgan fingerprint density at radius 1 is 0.609 bits per heavy atom. The highest BCUT2D eigenvalue weighted by molar-refractivity contribution is 5.45. The Kier molecular flexibility index (Phi) is 4.34. The number of benzene rings is 3. The number of hydrogen-bond acceptors (Lipinski definition) is 4. The summed E-state index contributed by atoms with van der Waals surface area (Å²) in [5, 5.41) is 0. The highest BCUT2D eigenvalue weighted by Gasteiger charge is 2.15. The zero-order valence-electron chi connectivity index (χ0n) is 12.6. The summed E-state index contributed by atoms with van der Waals surface area (Å²) in [6.45, 7) is 0. The highest BCUT2D eigenvalue weighted by Crippen LogP contribution is 2.27. The number of nitrogen functional groups attached to an aromatic ring is 2. The van der Waals surface area contributed by atoms with E-state index in [1.165, 1.54) is 0 Å². The van der Waals surface area contributed by atoms with E-state index in [0.717, 1.165) is 5.56 Å². The lowest BCUT2D eigenvalue weighted by molar-refractivity contribution is 0.00392. The Bertz CT molecular complexity index is 728. The van der Waals surface area contributed by atoms with Gasteiger partial charge in [0.15, 0.2) is 0 Å². The van der Waals surface area contributed by atoms with Gasteiger partial charge in [-0.15, -0.1) is 0 Å². The first kappa shape index (κ1) is 14.8. The van der Waals surface area contributed by atoms with Crippen LogP contribution in [0.1, 0.15) is 11.9 Å². The summed E-state index contributed by atoms with van der Waals surface area (Å²) >= 11 is 0. The van der Waals surface area contributed by atoms with E-state index in [1.54, 1.807) is 12.1 Å². The second-order valence-corrected chi connectivity index (χ2v) is 5.12. The van der Waals surface area contributed by atoms with Crippen LogP contribution in [0.3, 0.4) is 0 Å². The van der Waals surface area contributed by atoms with Gasteiger partial charge < -0.3 is 20.9 Å². The molecule has 0 heterocycles. The Morgan fingerprint density at radius 3 is 1.61 bits per heavy atom. The molecule has 3 rings (SSSR count). The average molecular weight is 306 g/mol. The van der Waals surface area contributed by atoms with Gasteiger partial charge >= 0.3 is 0 Å². The van der Waals surface area contributed by atoms with Crippen LogP contribution in [-0.2, 0) is 0 Å². The first-order valence-corrected chi connectivity index (χ1v) is 7.30. The van der Waals surface area contributed by atoms with Gasteiger partial charge in [0.2, 0.25) is 0 Å². The second-order valence-electron chi connectivity index (χ2n) is 5.12. The SMILES string of the molecule is Nc1cccc(OC(Oc2cccc(N)c2)c2ccccc2)c1. The number of ether oxygens (including phenoxy) is 2. The lowest BCUT2D eigenvalue weighted by Gasteiger charge is -2.21. The predicted molar refractivity (Wildman–Crippen MR) is 92.1 cm³/mol. The van der Waals surface area contributed by atoms with Crippen LogP contribution in [-0.4, -0.2) is 0 Å². The molecular formula is C19H18N2O2. The van der Waals surface area contributed by atoms with Crippen molar-refractivity contribution in [2.45, 2.75) is 6.29 Å². The molecule has 0 aliphatic rings. The molecule has 3 aromatic rings. The minimum Gasteiger partial charge on any atom is -0.450 e. The molecule has 3 aromatic carbocycles. The van der Waals surface area contributed by atoms with Crippen LogP contribution in [0.15, 0.2) is 78.9 Å². The van der Waals surface area contributed by atoms with Crippen molar-refractivity contribution in [2.24, 2.45) is 0 Å². The van der Waals surface area contributed by atoms with Crippen molar-refractivity contribution in [3.63, 3.8) is 0 Å². The molecule has 0 spiro atoms. The van der Waals surface area contributed by atoms with E-state index < -0.39 is 6.29 Å². The predicted octanol–water partition coefficient (Wildman–Crippen LogP) is 4.01. The van der Waals surface area contributed by atoms with Gasteiger partial charge in [-0.05, 0) is 24.3 Å². The van der Waals surface area contributed by atoms with Crippen LogP contribution in [0.2, 0.25) is 0 Å². The molecule has 0 bridgehead atoms. The van der Waals surface area contributed by atoms with Gasteiger partial charge in [-0.1, -0.05) is 42.5 Å². The molecule has 0 radical (unpaired) electrons. The molecule has 116 valence electrons. The van der Waals surface area contributed by atoms with E-state index in [-0.39, 0.29) is 0 Å². The van der Waals surface area contributed by atoms with Gasteiger partial charge in [0.25, 0.3) is 6.29 Å². The molecule has 0 saturated carbocycles. The van der Waals surface area contributed by atoms with E-state index in [4.69, 9.17) is 20.9 Å². The molecule has 0 aromatic heterocycles. The van der Waals surface area contributed by atoms with Gasteiger partial charge in [-0.3, -0.25) is 0 Å². The molecule has 0 unspecified atom stereocenters. The fourth-order valence-electron chi connectivity index (χ4n) is 2.19. The summed E-state index contributed by atoms with van der Waals surface area (Å²) in [7, 11) is 0. The molecule has 0 saturated heterocycles. The summed E-state index contributed by atoms with van der Waals surface area (Å²) in [6, 6.07) is 24.2. The molecule has 0 aliphatic heterocycles. The molecule has 0 amide bonds. The van der Waals surface area contributed by atoms with Crippen LogP contribution >= 0.6 is 0 Å². The third-order valence-corrected chi connectivity index (χ3v) is 3.27. The van der Waals surface area contributed by atoms with Crippen LogP contribution in [0.5, 0.6) is 11.5 Å². The van der Waals surface area contributed by atoms with Gasteiger partial charge in [0.1, 0.15) is 11.5 Å². The lowest BCUT2D eigenvalue weighted by Crippen LogP contribution is -2.15. The normalized spacial score (nSPS) is 10.5. The van der Waals surface area contributed by atoms with Gasteiger partial charge in [0, 0.05) is 29.1 Å². The van der Waals surface area contributed by atoms with Gasteiger partial charge in [0.05, 0.1) is 0 Å². The Balaban J connectivity index is 1.87. The van der Waals surface area contributed by atoms with Crippen LogP contribution < -0.4 is 20.9 Å². The van der Waals surface area contributed by atoms with E-state index >= 15 is 0 Å². The van der Waals surface area contributed by atoms with E-state index in [0.29, 0.717) is 22.9 Å². The summed E-state index contributed by atoms with van der Waals surface area (Å²) in [5.41, 5.74) is 13.8. The summed E-state index contributed by atoms with van der Waals surface area (Å²) in [6.07, 6.45) is -0.597. The van der Waals surface area contributed by atoms with Crippen molar-refractivity contribution >= 4 is 11.4 Å². The van der Waals surface area contributed by atoms with Crippen molar-refractivity contribution in [2.75, 3.05) is 11.5 Å². The second kappa shape index (κ2) is 6.75. The van der Waals surface area contributed by atoms with Gasteiger partial charge in [-0.25, -0.2) is 0 Å². The number of anilines is 2. The fraction of sp³-hybridized carbons (Fsp3) is 0.0526. The molecule has 4 nitrogen and oxygen atoms in total. The maximum Gasteiger partial charge on any atom is 0.267 e. The highest BCUT2D eigenvalue weighted by atomic mass is 16.7. The van der Waals surface area contributed by atoms with Crippen molar-refractivity contribution in [1.82, 2.24) is 0 Å². The summed E-state index contributed by atoms with van der Waals surface area (Å²) in [5.74, 6) is 1.28. The quantitative estimate of drug-likeness (QED) is 0.552. The molecule has 0 fully saturated rings. The largest absolute Gasteiger partial charge is 0.450 e. The third-order valence-electron chi connectivity index (χ3n) is 3.27. The molecule has 4 heteroatoms. The molecule has 23 heavy (non-hydrogen) atoms. The van der Waals surface area contributed by atoms with Crippen LogP contribution in [0.4, 0.5) is 11.4 Å². The molecule has 4 N–H and O–H groups in total. The summed E-state index contributed by atoms with van der Waals surface area (Å²) in [4.78, 5) is 0. The van der Waals surface area contributed by atoms with Crippen LogP contribution in [0, 0.1) is 0 Å². The van der Waals surface area contributed by atoms with E-state index in [2.05, 4.69) is 0 Å². The fourth-order valence-corrected chi connectivity index (χ4v) is 2.19. The zero-order chi connectivity index (χ0) is 16.1. The Labute approximate surface area is 135 Å². The third kappa shape index (κ3) is 3.95. The van der Waals surface area contributed by atoms with Crippen molar-refractivity contribution in [3.8, 4) is 11.5 Å². The van der Waals surface area contributed by atoms with Crippen molar-refractivity contribution in [1.29, 1.82) is 0 Å². The molecule has 0 aliphatic carbocycles. The minimum atomic E-state index is -0.597. The number of rotatable bonds is 5. The maximum atomic E-state index is 5.98. The van der Waals surface area contributed by atoms with E-state index in [9.17, 15) is 0 Å². The Hall–Kier alpha value is -3.14. The Morgan fingerprint density at radius 2 is 1.13 bits per heavy atom. The van der Waals surface area contributed by atoms with Gasteiger partial charge in [-0.2, -0.15) is 0 Å². The minimum absolute atomic E-state index is 0.597.